The van der Waals surface area contributed by atoms with Crippen LogP contribution in [-0.4, -0.2) is 70.5 Å². The van der Waals surface area contributed by atoms with Crippen LogP contribution >= 0.6 is 24.0 Å². The zero-order chi connectivity index (χ0) is 18.3. The minimum atomic E-state index is 0. The van der Waals surface area contributed by atoms with Crippen molar-refractivity contribution in [3.63, 3.8) is 0 Å². The lowest BCUT2D eigenvalue weighted by Crippen LogP contribution is -2.41. The van der Waals surface area contributed by atoms with E-state index >= 15 is 0 Å². The molecule has 0 radical (unpaired) electrons. The van der Waals surface area contributed by atoms with Gasteiger partial charge in [-0.25, -0.2) is 4.99 Å². The number of hydrogen-bond donors (Lipinski definition) is 2. The molecule has 7 heteroatoms. The van der Waals surface area contributed by atoms with Crippen LogP contribution in [0.25, 0.3) is 0 Å². The van der Waals surface area contributed by atoms with Gasteiger partial charge >= 0.3 is 0 Å². The largest absolute Gasteiger partial charge is 0.489 e. The van der Waals surface area contributed by atoms with Crippen LogP contribution in [0.15, 0.2) is 35.3 Å². The molecule has 0 aliphatic heterocycles. The number of nitrogens with one attached hydrogen (secondary N) is 2. The van der Waals surface area contributed by atoms with Gasteiger partial charge in [0.15, 0.2) is 5.96 Å². The molecular formula is C19H35IN4O2. The number of para-hydroxylation sites is 1. The molecule has 0 amide bonds. The Morgan fingerprint density at radius 1 is 1.19 bits per heavy atom. The fourth-order valence-corrected chi connectivity index (χ4v) is 2.29. The third-order valence-electron chi connectivity index (χ3n) is 3.61. The van der Waals surface area contributed by atoms with Gasteiger partial charge in [-0.05, 0) is 39.4 Å². The van der Waals surface area contributed by atoms with E-state index in [1.165, 1.54) is 0 Å². The Bertz CT molecular complexity index is 474. The molecule has 0 saturated carbocycles. The first-order chi connectivity index (χ1) is 12.2. The van der Waals surface area contributed by atoms with E-state index in [0.29, 0.717) is 6.54 Å². The maximum Gasteiger partial charge on any atom is 0.191 e. The third-order valence-corrected chi connectivity index (χ3v) is 3.61. The van der Waals surface area contributed by atoms with E-state index in [4.69, 9.17) is 9.47 Å². The average Bonchev–Trinajstić information content (AvgIpc) is 2.61. The van der Waals surface area contributed by atoms with Crippen LogP contribution in [-0.2, 0) is 4.74 Å². The molecule has 0 bridgehead atoms. The molecule has 150 valence electrons. The zero-order valence-electron chi connectivity index (χ0n) is 16.5. The van der Waals surface area contributed by atoms with Crippen LogP contribution in [0.4, 0.5) is 0 Å². The molecule has 0 aromatic heterocycles. The van der Waals surface area contributed by atoms with Crippen molar-refractivity contribution in [3.8, 4) is 5.75 Å². The smallest absolute Gasteiger partial charge is 0.191 e. The molecule has 1 aromatic carbocycles. The van der Waals surface area contributed by atoms with E-state index < -0.39 is 0 Å². The summed E-state index contributed by atoms with van der Waals surface area (Å²) in [5, 5.41) is 6.64. The molecule has 0 saturated heterocycles. The van der Waals surface area contributed by atoms with E-state index in [2.05, 4.69) is 34.5 Å². The molecule has 0 aliphatic rings. The number of hydrogen-bond acceptors (Lipinski definition) is 4. The Balaban J connectivity index is 0.00000625. The number of likely N-dealkylation sites (N-methyl/N-ethyl adjacent to an activating group) is 1. The number of rotatable bonds is 12. The predicted molar refractivity (Wildman–Crippen MR) is 120 cm³/mol. The topological polar surface area (TPSA) is 58.1 Å². The Kier molecular flexibility index (Phi) is 15.5. The van der Waals surface area contributed by atoms with E-state index in [1.54, 1.807) is 7.11 Å². The number of ether oxygens (including phenoxy) is 2. The second kappa shape index (κ2) is 16.1. The van der Waals surface area contributed by atoms with Crippen LogP contribution in [0.1, 0.15) is 20.3 Å². The molecule has 0 aliphatic carbocycles. The van der Waals surface area contributed by atoms with E-state index in [1.807, 2.05) is 37.3 Å². The lowest BCUT2D eigenvalue weighted by molar-refractivity contribution is 0.180. The molecule has 0 heterocycles. The van der Waals surface area contributed by atoms with Crippen LogP contribution in [0.2, 0.25) is 0 Å². The minimum absolute atomic E-state index is 0. The zero-order valence-corrected chi connectivity index (χ0v) is 18.9. The van der Waals surface area contributed by atoms with Gasteiger partial charge in [-0.1, -0.05) is 18.2 Å². The summed E-state index contributed by atoms with van der Waals surface area (Å²) in [7, 11) is 3.86. The summed E-state index contributed by atoms with van der Waals surface area (Å²) in [6.45, 7) is 9.19. The van der Waals surface area contributed by atoms with Crippen molar-refractivity contribution in [1.29, 1.82) is 0 Å². The molecule has 0 spiro atoms. The summed E-state index contributed by atoms with van der Waals surface area (Å²) in [6.07, 6.45) is 1.07. The monoisotopic (exact) mass is 478 g/mol. The van der Waals surface area contributed by atoms with Gasteiger partial charge in [-0.3, -0.25) is 0 Å². The van der Waals surface area contributed by atoms with Crippen molar-refractivity contribution >= 4 is 29.9 Å². The minimum Gasteiger partial charge on any atom is -0.489 e. The van der Waals surface area contributed by atoms with Crippen LogP contribution in [0.3, 0.4) is 0 Å². The lowest BCUT2D eigenvalue weighted by atomic mass is 10.3. The fraction of sp³-hybridized carbons (Fsp3) is 0.632. The number of guanidine groups is 1. The summed E-state index contributed by atoms with van der Waals surface area (Å²) in [6, 6.07) is 9.85. The third kappa shape index (κ3) is 12.3. The maximum atomic E-state index is 5.86. The highest BCUT2D eigenvalue weighted by Crippen LogP contribution is 2.10. The molecular weight excluding hydrogens is 443 g/mol. The molecule has 0 fully saturated rings. The molecule has 1 atom stereocenters. The molecule has 1 unspecified atom stereocenters. The molecule has 2 N–H and O–H groups in total. The highest BCUT2D eigenvalue weighted by molar-refractivity contribution is 14.0. The second-order valence-electron chi connectivity index (χ2n) is 6.04. The summed E-state index contributed by atoms with van der Waals surface area (Å²) in [5.41, 5.74) is 0. The number of halogens is 1. The van der Waals surface area contributed by atoms with E-state index in [9.17, 15) is 0 Å². The number of nitrogens with zero attached hydrogens (tertiary/aromatic N) is 2. The maximum absolute atomic E-state index is 5.86. The van der Waals surface area contributed by atoms with Crippen molar-refractivity contribution in [3.05, 3.63) is 30.3 Å². The lowest BCUT2D eigenvalue weighted by Gasteiger charge is -2.18. The quantitative estimate of drug-likeness (QED) is 0.209. The van der Waals surface area contributed by atoms with Crippen molar-refractivity contribution < 1.29 is 9.47 Å². The van der Waals surface area contributed by atoms with Crippen molar-refractivity contribution in [2.75, 3.05) is 53.5 Å². The van der Waals surface area contributed by atoms with Gasteiger partial charge in [0.25, 0.3) is 0 Å². The summed E-state index contributed by atoms with van der Waals surface area (Å²) >= 11 is 0. The van der Waals surface area contributed by atoms with Gasteiger partial charge < -0.3 is 25.0 Å². The van der Waals surface area contributed by atoms with Gasteiger partial charge in [-0.2, -0.15) is 0 Å². The van der Waals surface area contributed by atoms with Gasteiger partial charge in [0, 0.05) is 39.9 Å². The SMILES string of the molecule is CCNC(=NCC(C)Oc1ccccc1)NCCN(C)CCCOC.I. The summed E-state index contributed by atoms with van der Waals surface area (Å²) < 4.78 is 10.9. The highest BCUT2D eigenvalue weighted by atomic mass is 127. The predicted octanol–water partition coefficient (Wildman–Crippen LogP) is 2.60. The summed E-state index contributed by atoms with van der Waals surface area (Å²) in [5.74, 6) is 1.71. The average molecular weight is 478 g/mol. The first kappa shape index (κ1) is 24.9. The highest BCUT2D eigenvalue weighted by Gasteiger charge is 2.05. The van der Waals surface area contributed by atoms with Gasteiger partial charge in [0.2, 0.25) is 0 Å². The molecule has 1 aromatic rings. The van der Waals surface area contributed by atoms with Crippen molar-refractivity contribution in [1.82, 2.24) is 15.5 Å². The normalized spacial score (nSPS) is 12.4. The van der Waals surface area contributed by atoms with Crippen LogP contribution in [0.5, 0.6) is 5.75 Å². The van der Waals surface area contributed by atoms with Crippen LogP contribution < -0.4 is 15.4 Å². The standard InChI is InChI=1S/C19H34N4O2.HI/c1-5-20-19(21-12-14-23(3)13-9-15-24-4)22-16-17(2)25-18-10-7-6-8-11-18;/h6-8,10-11,17H,5,9,12-16H2,1-4H3,(H2,20,21,22);1H. The van der Waals surface area contributed by atoms with E-state index in [0.717, 1.165) is 50.9 Å². The molecule has 6 nitrogen and oxygen atoms in total. The van der Waals surface area contributed by atoms with Gasteiger partial charge in [0.05, 0.1) is 6.54 Å². The number of benzene rings is 1. The molecule has 26 heavy (non-hydrogen) atoms. The van der Waals surface area contributed by atoms with Gasteiger partial charge in [0.1, 0.15) is 11.9 Å². The number of methoxy groups -OCH3 is 1. The number of aliphatic imine (C=N–C) groups is 1. The second-order valence-corrected chi connectivity index (χ2v) is 6.04. The first-order valence-corrected chi connectivity index (χ1v) is 9.07. The first-order valence-electron chi connectivity index (χ1n) is 9.07. The Hall–Kier alpha value is -1.06. The van der Waals surface area contributed by atoms with E-state index in [-0.39, 0.29) is 30.1 Å². The van der Waals surface area contributed by atoms with Gasteiger partial charge in [-0.15, -0.1) is 24.0 Å². The van der Waals surface area contributed by atoms with Crippen LogP contribution in [0, 0.1) is 0 Å². The Morgan fingerprint density at radius 2 is 1.92 bits per heavy atom. The molecule has 1 rings (SSSR count). The van der Waals surface area contributed by atoms with Crippen molar-refractivity contribution in [2.45, 2.75) is 26.4 Å². The summed E-state index contributed by atoms with van der Waals surface area (Å²) in [4.78, 5) is 6.90. The Morgan fingerprint density at radius 3 is 2.58 bits per heavy atom. The Labute approximate surface area is 175 Å². The fourth-order valence-electron chi connectivity index (χ4n) is 2.29. The van der Waals surface area contributed by atoms with Crippen molar-refractivity contribution in [2.24, 2.45) is 4.99 Å².